The normalized spacial score (nSPS) is 10.6. The van der Waals surface area contributed by atoms with E-state index in [0.717, 1.165) is 21.1 Å². The van der Waals surface area contributed by atoms with Gasteiger partial charge in [0.1, 0.15) is 0 Å². The molecule has 0 aliphatic heterocycles. The lowest BCUT2D eigenvalue weighted by atomic mass is 10.3. The van der Waals surface area contributed by atoms with Gasteiger partial charge in [0.15, 0.2) is 0 Å². The quantitative estimate of drug-likeness (QED) is 0.452. The van der Waals surface area contributed by atoms with Crippen LogP contribution in [-0.2, 0) is 0 Å². The highest BCUT2D eigenvalue weighted by Gasteiger charge is 2.20. The van der Waals surface area contributed by atoms with Crippen LogP contribution in [0.2, 0.25) is 0 Å². The van der Waals surface area contributed by atoms with Gasteiger partial charge < -0.3 is 22.2 Å². The molecule has 0 aliphatic carbocycles. The second-order valence-electron chi connectivity index (χ2n) is 2.53. The summed E-state index contributed by atoms with van der Waals surface area (Å²) in [5.41, 5.74) is 0. The number of rotatable bonds is 0. The van der Waals surface area contributed by atoms with Gasteiger partial charge in [0.25, 0.3) is 0 Å². The number of halogens is 4. The van der Waals surface area contributed by atoms with Gasteiger partial charge in [-0.05, 0) is 10.4 Å². The van der Waals surface area contributed by atoms with Gasteiger partial charge in [0.05, 0.1) is 0 Å². The third kappa shape index (κ3) is 4.54. The first-order chi connectivity index (χ1) is 6.13. The summed E-state index contributed by atoms with van der Waals surface area (Å²) in [7, 11) is -6.00. The summed E-state index contributed by atoms with van der Waals surface area (Å²) in [4.78, 5) is 2.93. The van der Waals surface area contributed by atoms with Crippen molar-refractivity contribution in [1.29, 1.82) is 0 Å². The van der Waals surface area contributed by atoms with E-state index in [4.69, 9.17) is 0 Å². The molecule has 0 saturated carbocycles. The van der Waals surface area contributed by atoms with E-state index in [9.17, 15) is 17.3 Å². The van der Waals surface area contributed by atoms with Crippen molar-refractivity contribution in [2.75, 3.05) is 0 Å². The van der Waals surface area contributed by atoms with Gasteiger partial charge in [-0.25, -0.2) is 0 Å². The van der Waals surface area contributed by atoms with Crippen LogP contribution in [0.5, 0.6) is 0 Å². The number of hydrogen-bond acceptors (Lipinski definition) is 0. The smallest absolute Gasteiger partial charge is 0.418 e. The molecular weight excluding hydrogens is 197 g/mol. The maximum Gasteiger partial charge on any atom is 0.673 e. The maximum absolute atomic E-state index is 9.75. The van der Waals surface area contributed by atoms with Gasteiger partial charge in [0, 0.05) is 10.7 Å². The fraction of sp³-hybridized carbons (Fsp3) is 0. The zero-order chi connectivity index (χ0) is 11.5. The number of aromatic nitrogens is 1. The Labute approximate surface area is 77.9 Å². The molecule has 1 aromatic heterocycles. The van der Waals surface area contributed by atoms with Crippen LogP contribution in [0, 0.1) is 0 Å². The molecule has 0 aliphatic rings. The molecule has 1 heterocycles. The summed E-state index contributed by atoms with van der Waals surface area (Å²) in [5.74, 6) is 0. The first kappa shape index (κ1) is 12.5. The van der Waals surface area contributed by atoms with E-state index >= 15 is 0 Å². The molecule has 0 bridgehead atoms. The molecule has 0 aromatic carbocycles. The van der Waals surface area contributed by atoms with Crippen molar-refractivity contribution in [2.45, 2.75) is 0 Å². The number of nitrogens with one attached hydrogen (secondary N) is 1. The summed E-state index contributed by atoms with van der Waals surface area (Å²) < 4.78 is 39.0. The van der Waals surface area contributed by atoms with Gasteiger partial charge in [-0.15, -0.1) is 0 Å². The highest BCUT2D eigenvalue weighted by Crippen LogP contribution is 2.06. The van der Waals surface area contributed by atoms with Gasteiger partial charge in [-0.2, -0.15) is 0 Å². The summed E-state index contributed by atoms with van der Waals surface area (Å²) in [6.45, 7) is 14.9. The van der Waals surface area contributed by atoms with Crippen molar-refractivity contribution in [3.05, 3.63) is 21.1 Å². The Kier molecular flexibility index (Phi) is 3.74. The molecule has 0 amide bonds. The fourth-order valence-corrected chi connectivity index (χ4v) is 0.697. The molecular formula is C8H9BF4N-. The fourth-order valence-electron chi connectivity index (χ4n) is 0.697. The van der Waals surface area contributed by atoms with Crippen molar-refractivity contribution in [2.24, 2.45) is 0 Å². The Morgan fingerprint density at radius 2 is 1.00 bits per heavy atom. The minimum Gasteiger partial charge on any atom is -0.418 e. The standard InChI is InChI=1S/C8H9N.BF4/c1-5-6(2)8(4)9-7(5)3;2-1(3,4)5/h9H,1-4H2;/q;-1. The highest BCUT2D eigenvalue weighted by molar-refractivity contribution is 6.50. The van der Waals surface area contributed by atoms with Crippen molar-refractivity contribution in [3.63, 3.8) is 0 Å². The average molecular weight is 206 g/mol. The first-order valence-electron chi connectivity index (χ1n) is 3.54. The van der Waals surface area contributed by atoms with E-state index in [1.807, 2.05) is 0 Å². The predicted octanol–water partition coefficient (Wildman–Crippen LogP) is -0.0441. The van der Waals surface area contributed by atoms with E-state index < -0.39 is 7.25 Å². The third-order valence-corrected chi connectivity index (χ3v) is 1.39. The lowest BCUT2D eigenvalue weighted by molar-refractivity contribution is 0.368. The van der Waals surface area contributed by atoms with Gasteiger partial charge in [0.2, 0.25) is 0 Å². The van der Waals surface area contributed by atoms with E-state index in [0.29, 0.717) is 0 Å². The Bertz CT molecular complexity index is 443. The van der Waals surface area contributed by atoms with E-state index in [-0.39, 0.29) is 0 Å². The molecule has 0 fully saturated rings. The first-order valence-corrected chi connectivity index (χ1v) is 3.54. The molecule has 0 radical (unpaired) electrons. The van der Waals surface area contributed by atoms with Crippen LogP contribution >= 0.6 is 0 Å². The highest BCUT2D eigenvalue weighted by atomic mass is 19.5. The summed E-state index contributed by atoms with van der Waals surface area (Å²) in [6.07, 6.45) is 0. The predicted molar refractivity (Wildman–Crippen MR) is 51.6 cm³/mol. The maximum atomic E-state index is 9.75. The lowest BCUT2D eigenvalue weighted by Gasteiger charge is -1.94. The zero-order valence-corrected chi connectivity index (χ0v) is 7.42. The second-order valence-corrected chi connectivity index (χ2v) is 2.53. The van der Waals surface area contributed by atoms with Gasteiger partial charge in [-0.1, -0.05) is 26.3 Å². The largest absolute Gasteiger partial charge is 0.673 e. The summed E-state index contributed by atoms with van der Waals surface area (Å²) in [6, 6.07) is 0. The van der Waals surface area contributed by atoms with Crippen LogP contribution in [0.4, 0.5) is 17.3 Å². The molecule has 0 saturated heterocycles. The van der Waals surface area contributed by atoms with Crippen molar-refractivity contribution in [1.82, 2.24) is 4.98 Å². The molecule has 1 N–H and O–H groups in total. The number of aromatic amines is 1. The third-order valence-electron chi connectivity index (χ3n) is 1.39. The summed E-state index contributed by atoms with van der Waals surface area (Å²) in [5, 5.41) is 3.34. The van der Waals surface area contributed by atoms with Crippen LogP contribution in [0.15, 0.2) is 0 Å². The molecule has 1 nitrogen and oxygen atoms in total. The molecule has 14 heavy (non-hydrogen) atoms. The molecule has 6 heteroatoms. The van der Waals surface area contributed by atoms with Crippen LogP contribution < -0.4 is 21.1 Å². The minimum atomic E-state index is -6.00. The van der Waals surface area contributed by atoms with E-state index in [1.165, 1.54) is 0 Å². The molecule has 78 valence electrons. The Morgan fingerprint density at radius 1 is 0.786 bits per heavy atom. The van der Waals surface area contributed by atoms with Gasteiger partial charge >= 0.3 is 7.25 Å². The Balaban J connectivity index is 0.000000292. The second kappa shape index (κ2) is 4.17. The van der Waals surface area contributed by atoms with E-state index in [1.54, 1.807) is 0 Å². The molecule has 1 aromatic rings. The number of hydrogen-bond donors (Lipinski definition) is 1. The van der Waals surface area contributed by atoms with Crippen LogP contribution in [0.25, 0.3) is 26.3 Å². The van der Waals surface area contributed by atoms with Crippen LogP contribution in [0.1, 0.15) is 0 Å². The summed E-state index contributed by atoms with van der Waals surface area (Å²) >= 11 is 0. The topological polar surface area (TPSA) is 15.8 Å². The minimum absolute atomic E-state index is 0.810. The van der Waals surface area contributed by atoms with Gasteiger partial charge in [-0.3, -0.25) is 0 Å². The molecule has 0 spiro atoms. The van der Waals surface area contributed by atoms with Crippen LogP contribution in [0.3, 0.4) is 0 Å². The average Bonchev–Trinajstić information content (AvgIpc) is 2.14. The Morgan fingerprint density at radius 3 is 1.07 bits per heavy atom. The monoisotopic (exact) mass is 206 g/mol. The Hall–Kier alpha value is -1.46. The molecule has 1 rings (SSSR count). The zero-order valence-electron chi connectivity index (χ0n) is 7.42. The van der Waals surface area contributed by atoms with Crippen molar-refractivity contribution < 1.29 is 17.3 Å². The molecule has 0 atom stereocenters. The van der Waals surface area contributed by atoms with Crippen molar-refractivity contribution in [3.8, 4) is 0 Å². The lowest BCUT2D eigenvalue weighted by Crippen LogP contribution is -2.33. The van der Waals surface area contributed by atoms with E-state index in [2.05, 4.69) is 31.3 Å². The van der Waals surface area contributed by atoms with Crippen LogP contribution in [-0.4, -0.2) is 12.2 Å². The van der Waals surface area contributed by atoms with Crippen molar-refractivity contribution >= 4 is 33.6 Å². The molecule has 0 unspecified atom stereocenters. The number of H-pyrrole nitrogens is 1. The SMILES string of the molecule is C=c1[nH]c(=C)c(=C)c1=C.F[B-](F)(F)F.